The van der Waals surface area contributed by atoms with Crippen molar-refractivity contribution in [3.8, 4) is 5.75 Å². The Labute approximate surface area is 163 Å². The number of carboxylic acid groups (broad SMARTS) is 2. The lowest BCUT2D eigenvalue weighted by Crippen LogP contribution is -2.21. The van der Waals surface area contributed by atoms with Crippen LogP contribution in [0.5, 0.6) is 5.75 Å². The number of benzene rings is 1. The maximum atomic E-state index is 9.55. The van der Waals surface area contributed by atoms with E-state index >= 15 is 0 Å². The van der Waals surface area contributed by atoms with Crippen molar-refractivity contribution in [2.75, 3.05) is 13.6 Å². The minimum atomic E-state index is -1.26. The molecule has 0 aromatic heterocycles. The first kappa shape index (κ1) is 24.0. The van der Waals surface area contributed by atoms with Crippen molar-refractivity contribution >= 4 is 35.1 Å². The van der Waals surface area contributed by atoms with Gasteiger partial charge in [0.25, 0.3) is 0 Å². The number of nitrogens with one attached hydrogen (secondary N) is 1. The van der Waals surface area contributed by atoms with Gasteiger partial charge in [-0.15, -0.1) is 0 Å². The number of carbonyl (C=O) groups is 2. The number of ether oxygens (including phenoxy) is 1. The highest BCUT2D eigenvalue weighted by atomic mass is 35.5. The van der Waals surface area contributed by atoms with Gasteiger partial charge in [0.1, 0.15) is 16.9 Å². The molecule has 0 heterocycles. The second-order valence-electron chi connectivity index (χ2n) is 5.35. The highest BCUT2D eigenvalue weighted by molar-refractivity contribution is 6.42. The summed E-state index contributed by atoms with van der Waals surface area (Å²) in [6.07, 6.45) is 4.09. The van der Waals surface area contributed by atoms with Crippen LogP contribution in [0.4, 0.5) is 0 Å². The van der Waals surface area contributed by atoms with E-state index in [2.05, 4.69) is 25.2 Å². The molecule has 0 saturated carbocycles. The zero-order chi connectivity index (χ0) is 20.1. The van der Waals surface area contributed by atoms with Crippen molar-refractivity contribution in [2.45, 2.75) is 26.4 Å². The highest BCUT2D eigenvalue weighted by Gasteiger charge is 2.11. The van der Waals surface area contributed by atoms with E-state index in [-0.39, 0.29) is 6.10 Å². The number of allylic oxidation sites excluding steroid dienone is 1. The van der Waals surface area contributed by atoms with Crippen molar-refractivity contribution in [3.05, 3.63) is 52.0 Å². The topological polar surface area (TPSA) is 95.9 Å². The summed E-state index contributed by atoms with van der Waals surface area (Å²) < 4.78 is 5.91. The molecule has 0 amide bonds. The van der Waals surface area contributed by atoms with E-state index in [1.54, 1.807) is 6.07 Å². The van der Waals surface area contributed by atoms with E-state index in [1.165, 1.54) is 5.57 Å². The largest absolute Gasteiger partial charge is 0.485 e. The van der Waals surface area contributed by atoms with E-state index < -0.39 is 11.9 Å². The quantitative estimate of drug-likeness (QED) is 0.447. The third-order valence-corrected chi connectivity index (χ3v) is 3.56. The summed E-state index contributed by atoms with van der Waals surface area (Å²) in [5, 5.41) is 19.7. The maximum Gasteiger partial charge on any atom is 0.328 e. The molecule has 26 heavy (non-hydrogen) atoms. The molecule has 1 rings (SSSR count). The van der Waals surface area contributed by atoms with Crippen molar-refractivity contribution in [1.29, 1.82) is 0 Å². The first-order valence-corrected chi connectivity index (χ1v) is 8.47. The summed E-state index contributed by atoms with van der Waals surface area (Å²) in [5.74, 6) is -1.89. The second-order valence-corrected chi connectivity index (χ2v) is 6.14. The van der Waals surface area contributed by atoms with Gasteiger partial charge in [0.2, 0.25) is 0 Å². The molecule has 0 aliphatic rings. The van der Waals surface area contributed by atoms with Crippen molar-refractivity contribution < 1.29 is 24.5 Å². The number of rotatable bonds is 8. The predicted molar refractivity (Wildman–Crippen MR) is 103 cm³/mol. The Bertz CT molecular complexity index is 639. The van der Waals surface area contributed by atoms with Crippen molar-refractivity contribution in [1.82, 2.24) is 5.32 Å². The van der Waals surface area contributed by atoms with E-state index in [9.17, 15) is 9.59 Å². The maximum absolute atomic E-state index is 9.55. The lowest BCUT2D eigenvalue weighted by atomic mass is 10.2. The molecular formula is C18H23Cl2NO5. The molecule has 1 atom stereocenters. The minimum absolute atomic E-state index is 0.00147. The molecule has 1 aromatic rings. The van der Waals surface area contributed by atoms with Crippen LogP contribution in [0, 0.1) is 0 Å². The summed E-state index contributed by atoms with van der Waals surface area (Å²) in [5.41, 5.74) is 1.22. The Morgan fingerprint density at radius 3 is 2.23 bits per heavy atom. The van der Waals surface area contributed by atoms with Gasteiger partial charge < -0.3 is 20.3 Å². The number of aliphatic carboxylic acids is 2. The molecule has 0 radical (unpaired) electrons. The third-order valence-electron chi connectivity index (χ3n) is 2.76. The average molecular weight is 404 g/mol. The molecule has 144 valence electrons. The molecule has 6 nitrogen and oxygen atoms in total. The molecule has 0 aliphatic carbocycles. The van der Waals surface area contributed by atoms with Gasteiger partial charge in [0, 0.05) is 18.6 Å². The van der Waals surface area contributed by atoms with Gasteiger partial charge >= 0.3 is 11.9 Å². The Balaban J connectivity index is 0.000000660. The summed E-state index contributed by atoms with van der Waals surface area (Å²) in [4.78, 5) is 19.1. The normalized spacial score (nSPS) is 11.3. The highest BCUT2D eigenvalue weighted by Crippen LogP contribution is 2.32. The Kier molecular flexibility index (Phi) is 12.2. The first-order chi connectivity index (χ1) is 12.2. The number of halogens is 2. The van der Waals surface area contributed by atoms with Crippen LogP contribution in [-0.4, -0.2) is 41.8 Å². The van der Waals surface area contributed by atoms with E-state index in [4.69, 9.17) is 38.2 Å². The zero-order valence-corrected chi connectivity index (χ0v) is 16.3. The van der Waals surface area contributed by atoms with Crippen LogP contribution in [0.3, 0.4) is 0 Å². The molecule has 3 N–H and O–H groups in total. The minimum Gasteiger partial charge on any atom is -0.485 e. The van der Waals surface area contributed by atoms with Gasteiger partial charge in [-0.1, -0.05) is 34.8 Å². The smallest absolute Gasteiger partial charge is 0.328 e. The monoisotopic (exact) mass is 403 g/mol. The van der Waals surface area contributed by atoms with Crippen LogP contribution < -0.4 is 10.1 Å². The Morgan fingerprint density at radius 2 is 1.77 bits per heavy atom. The van der Waals surface area contributed by atoms with Crippen LogP contribution in [0.2, 0.25) is 10.0 Å². The number of hydrogen-bond acceptors (Lipinski definition) is 4. The van der Waals surface area contributed by atoms with Crippen LogP contribution in [0.1, 0.15) is 20.3 Å². The van der Waals surface area contributed by atoms with Crippen LogP contribution in [0.15, 0.2) is 42.0 Å². The summed E-state index contributed by atoms with van der Waals surface area (Å²) in [7, 11) is 1.92. The van der Waals surface area contributed by atoms with Crippen LogP contribution in [0.25, 0.3) is 0 Å². The average Bonchev–Trinajstić information content (AvgIpc) is 2.55. The van der Waals surface area contributed by atoms with E-state index in [0.29, 0.717) is 27.9 Å². The van der Waals surface area contributed by atoms with Gasteiger partial charge in [-0.3, -0.25) is 0 Å². The molecule has 1 aromatic carbocycles. The molecule has 0 fully saturated rings. The fourth-order valence-corrected chi connectivity index (χ4v) is 2.05. The number of hydrogen-bond donors (Lipinski definition) is 3. The van der Waals surface area contributed by atoms with Gasteiger partial charge in [-0.25, -0.2) is 9.59 Å². The molecular weight excluding hydrogens is 381 g/mol. The van der Waals surface area contributed by atoms with E-state index in [1.807, 2.05) is 19.2 Å². The molecule has 0 saturated heterocycles. The first-order valence-electron chi connectivity index (χ1n) is 7.71. The fraction of sp³-hybridized carbons (Fsp3) is 0.333. The van der Waals surface area contributed by atoms with Crippen LogP contribution >= 0.6 is 23.2 Å². The van der Waals surface area contributed by atoms with Gasteiger partial charge in [-0.2, -0.15) is 0 Å². The summed E-state index contributed by atoms with van der Waals surface area (Å²) in [6, 6.07) is 5.42. The lowest BCUT2D eigenvalue weighted by Gasteiger charge is -2.17. The van der Waals surface area contributed by atoms with E-state index in [0.717, 1.165) is 13.0 Å². The molecule has 0 aliphatic heterocycles. The fourth-order valence-electron chi connectivity index (χ4n) is 1.72. The van der Waals surface area contributed by atoms with Crippen molar-refractivity contribution in [3.63, 3.8) is 0 Å². The molecule has 0 bridgehead atoms. The lowest BCUT2D eigenvalue weighted by molar-refractivity contribution is -0.134. The summed E-state index contributed by atoms with van der Waals surface area (Å²) >= 11 is 12.1. The van der Waals surface area contributed by atoms with Gasteiger partial charge in [-0.05, 0) is 45.6 Å². The summed E-state index contributed by atoms with van der Waals surface area (Å²) in [6.45, 7) is 4.98. The molecule has 1 unspecified atom stereocenters. The Morgan fingerprint density at radius 1 is 1.19 bits per heavy atom. The van der Waals surface area contributed by atoms with Gasteiger partial charge in [0.05, 0.1) is 5.02 Å². The SMILES string of the molecule is CNCCC(C=C(C)C)Oc1cccc(Cl)c1Cl.O=C(O)/C=C/C(=O)O. The van der Waals surface area contributed by atoms with Crippen molar-refractivity contribution in [2.24, 2.45) is 0 Å². The third kappa shape index (κ3) is 11.5. The van der Waals surface area contributed by atoms with Crippen LogP contribution in [-0.2, 0) is 9.59 Å². The zero-order valence-electron chi connectivity index (χ0n) is 14.8. The van der Waals surface area contributed by atoms with Gasteiger partial charge in [0.15, 0.2) is 0 Å². The molecule has 0 spiro atoms. The standard InChI is InChI=1S/C14H19Cl2NO.C4H4O4/c1-10(2)9-11(7-8-17-3)18-13-6-4-5-12(15)14(13)16;5-3(6)1-2-4(7)8/h4-6,9,11,17H,7-8H2,1-3H3;1-2H,(H,5,6)(H,7,8)/b;2-1+. The molecule has 8 heteroatoms. The predicted octanol–water partition coefficient (Wildman–Crippen LogP) is 4.03. The second kappa shape index (κ2) is 13.2. The number of carboxylic acids is 2. The Hall–Kier alpha value is -2.02.